The maximum atomic E-state index is 14.4. The quantitative estimate of drug-likeness (QED) is 0.428. The Morgan fingerprint density at radius 1 is 0.973 bits per heavy atom. The maximum Gasteiger partial charge on any atom is 0.262 e. The fourth-order valence-corrected chi connectivity index (χ4v) is 5.59. The van der Waals surface area contributed by atoms with E-state index in [4.69, 9.17) is 23.2 Å². The smallest absolute Gasteiger partial charge is 0.262 e. The maximum absolute atomic E-state index is 14.4. The van der Waals surface area contributed by atoms with Crippen LogP contribution in [0.3, 0.4) is 0 Å². The Kier molecular flexibility index (Phi) is 7.52. The molecule has 0 aromatic heterocycles. The number of hydrogen-bond donors (Lipinski definition) is 1. The molecule has 3 aromatic carbocycles. The first-order chi connectivity index (χ1) is 17.8. The first-order valence-corrected chi connectivity index (χ1v) is 13.3. The molecule has 0 unspecified atom stereocenters. The number of carbonyl (C=O) groups excluding carboxylic acids is 2. The Balaban J connectivity index is 1.41. The lowest BCUT2D eigenvalue weighted by molar-refractivity contribution is 0.0916. The van der Waals surface area contributed by atoms with Gasteiger partial charge in [-0.15, -0.1) is 0 Å². The molecule has 5 rings (SSSR count). The van der Waals surface area contributed by atoms with Crippen molar-refractivity contribution >= 4 is 40.7 Å². The summed E-state index contributed by atoms with van der Waals surface area (Å²) in [7, 11) is 2.09. The van der Waals surface area contributed by atoms with E-state index in [1.807, 2.05) is 24.3 Å². The second-order valence-electron chi connectivity index (χ2n) is 9.75. The van der Waals surface area contributed by atoms with Crippen LogP contribution >= 0.6 is 23.2 Å². The van der Waals surface area contributed by atoms with Gasteiger partial charge in [0.2, 0.25) is 0 Å². The Labute approximate surface area is 226 Å². The number of anilines is 1. The van der Waals surface area contributed by atoms with Crippen LogP contribution in [0.4, 0.5) is 10.1 Å². The highest BCUT2D eigenvalue weighted by Gasteiger charge is 2.28. The number of amides is 2. The number of halogens is 3. The van der Waals surface area contributed by atoms with Gasteiger partial charge in [0.1, 0.15) is 5.82 Å². The third-order valence-electron chi connectivity index (χ3n) is 7.21. The van der Waals surface area contributed by atoms with Crippen LogP contribution < -0.4 is 10.2 Å². The lowest BCUT2D eigenvalue weighted by atomic mass is 9.94. The molecule has 2 heterocycles. The van der Waals surface area contributed by atoms with Crippen molar-refractivity contribution in [2.45, 2.75) is 31.7 Å². The average Bonchev–Trinajstić information content (AvgIpc) is 2.89. The van der Waals surface area contributed by atoms with E-state index in [-0.39, 0.29) is 22.5 Å². The van der Waals surface area contributed by atoms with Crippen molar-refractivity contribution in [2.24, 2.45) is 0 Å². The highest BCUT2D eigenvalue weighted by Crippen LogP contribution is 2.36. The number of hydrogen-bond acceptors (Lipinski definition) is 3. The summed E-state index contributed by atoms with van der Waals surface area (Å²) in [5, 5.41) is 3.79. The van der Waals surface area contributed by atoms with Gasteiger partial charge in [-0.1, -0.05) is 35.3 Å². The van der Waals surface area contributed by atoms with E-state index in [1.54, 1.807) is 17.0 Å². The summed E-state index contributed by atoms with van der Waals surface area (Å²) < 4.78 is 14.4. The van der Waals surface area contributed by atoms with Crippen LogP contribution in [0.5, 0.6) is 0 Å². The normalized spacial score (nSPS) is 16.4. The van der Waals surface area contributed by atoms with Crippen molar-refractivity contribution < 1.29 is 14.0 Å². The molecule has 0 radical (unpaired) electrons. The van der Waals surface area contributed by atoms with Crippen LogP contribution in [0.25, 0.3) is 11.1 Å². The summed E-state index contributed by atoms with van der Waals surface area (Å²) in [5.74, 6) is -1.20. The Morgan fingerprint density at radius 3 is 2.51 bits per heavy atom. The van der Waals surface area contributed by atoms with Gasteiger partial charge in [0, 0.05) is 34.4 Å². The van der Waals surface area contributed by atoms with E-state index in [0.29, 0.717) is 17.1 Å². The van der Waals surface area contributed by atoms with E-state index < -0.39 is 11.7 Å². The number of rotatable bonds is 4. The summed E-state index contributed by atoms with van der Waals surface area (Å²) >= 11 is 12.7. The molecule has 0 spiro atoms. The number of likely N-dealkylation sites (tertiary alicyclic amines) is 1. The second-order valence-corrected chi connectivity index (χ2v) is 10.6. The predicted molar refractivity (Wildman–Crippen MR) is 146 cm³/mol. The highest BCUT2D eigenvalue weighted by atomic mass is 35.5. The molecule has 1 fully saturated rings. The third-order valence-corrected chi connectivity index (χ3v) is 7.86. The highest BCUT2D eigenvalue weighted by molar-refractivity contribution is 6.34. The number of carbonyl (C=O) groups is 2. The standard InChI is InChI=1S/C29H28Cl2FN3O2/c1-34-14-11-21(12-15-34)33-28(36)20-7-9-23(30)22(17-20)18-8-10-26-19(16-18)4-3-13-35(26)29(37)27-24(31)5-2-6-25(27)32/h2,5-10,16-17,21H,3-4,11-15H2,1H3,(H,33,36). The minimum Gasteiger partial charge on any atom is -0.349 e. The molecular formula is C29H28Cl2FN3O2. The summed E-state index contributed by atoms with van der Waals surface area (Å²) in [6.07, 6.45) is 3.37. The molecule has 1 N–H and O–H groups in total. The number of aryl methyl sites for hydroxylation is 1. The van der Waals surface area contributed by atoms with E-state index in [1.165, 1.54) is 18.2 Å². The largest absolute Gasteiger partial charge is 0.349 e. The summed E-state index contributed by atoms with van der Waals surface area (Å²) in [6.45, 7) is 2.41. The molecule has 192 valence electrons. The number of nitrogens with one attached hydrogen (secondary N) is 1. The van der Waals surface area contributed by atoms with Crippen molar-refractivity contribution in [3.8, 4) is 11.1 Å². The molecule has 37 heavy (non-hydrogen) atoms. The summed E-state index contributed by atoms with van der Waals surface area (Å²) in [6, 6.07) is 15.5. The Bertz CT molecular complexity index is 1330. The van der Waals surface area contributed by atoms with Gasteiger partial charge >= 0.3 is 0 Å². The van der Waals surface area contributed by atoms with Crippen LogP contribution in [0, 0.1) is 5.82 Å². The molecule has 0 saturated carbocycles. The topological polar surface area (TPSA) is 52.7 Å². The first-order valence-electron chi connectivity index (χ1n) is 12.5. The van der Waals surface area contributed by atoms with Crippen LogP contribution in [-0.2, 0) is 6.42 Å². The molecule has 2 amide bonds. The van der Waals surface area contributed by atoms with Gasteiger partial charge in [-0.2, -0.15) is 0 Å². The number of fused-ring (bicyclic) bond motifs is 1. The third kappa shape index (κ3) is 5.37. The van der Waals surface area contributed by atoms with Crippen molar-refractivity contribution in [3.63, 3.8) is 0 Å². The van der Waals surface area contributed by atoms with Gasteiger partial charge < -0.3 is 15.1 Å². The van der Waals surface area contributed by atoms with Gasteiger partial charge in [0.15, 0.2) is 0 Å². The molecule has 1 saturated heterocycles. The van der Waals surface area contributed by atoms with Crippen molar-refractivity contribution in [1.82, 2.24) is 10.2 Å². The average molecular weight is 540 g/mol. The van der Waals surface area contributed by atoms with E-state index in [0.717, 1.165) is 61.2 Å². The van der Waals surface area contributed by atoms with Crippen LogP contribution in [0.15, 0.2) is 54.6 Å². The van der Waals surface area contributed by atoms with Gasteiger partial charge in [-0.3, -0.25) is 9.59 Å². The monoisotopic (exact) mass is 539 g/mol. The zero-order valence-electron chi connectivity index (χ0n) is 20.6. The molecule has 0 aliphatic carbocycles. The van der Waals surface area contributed by atoms with Crippen LogP contribution in [0.1, 0.15) is 45.5 Å². The van der Waals surface area contributed by atoms with Gasteiger partial charge in [-0.05, 0) is 99.4 Å². The Morgan fingerprint density at radius 2 is 1.76 bits per heavy atom. The number of nitrogens with zero attached hydrogens (tertiary/aromatic N) is 2. The van der Waals surface area contributed by atoms with Gasteiger partial charge in [0.25, 0.3) is 11.8 Å². The lowest BCUT2D eigenvalue weighted by Gasteiger charge is -2.30. The predicted octanol–water partition coefficient (Wildman–Crippen LogP) is 6.22. The SMILES string of the molecule is CN1CCC(NC(=O)c2ccc(Cl)c(-c3ccc4c(c3)CCCN4C(=O)c3c(F)cccc3Cl)c2)CC1. The van der Waals surface area contributed by atoms with Crippen molar-refractivity contribution in [1.29, 1.82) is 0 Å². The minimum atomic E-state index is -0.636. The molecule has 8 heteroatoms. The summed E-state index contributed by atoms with van der Waals surface area (Å²) in [4.78, 5) is 30.1. The zero-order chi connectivity index (χ0) is 26.1. The zero-order valence-corrected chi connectivity index (χ0v) is 22.1. The number of piperidine rings is 1. The van der Waals surface area contributed by atoms with Crippen LogP contribution in [-0.4, -0.2) is 49.4 Å². The summed E-state index contributed by atoms with van der Waals surface area (Å²) in [5.41, 5.74) is 3.74. The molecule has 2 aliphatic heterocycles. The van der Waals surface area contributed by atoms with Crippen molar-refractivity contribution in [3.05, 3.63) is 87.2 Å². The second kappa shape index (κ2) is 10.8. The molecule has 2 aliphatic rings. The molecule has 3 aromatic rings. The lowest BCUT2D eigenvalue weighted by Crippen LogP contribution is -2.43. The first kappa shape index (κ1) is 25.7. The van der Waals surface area contributed by atoms with Gasteiger partial charge in [0.05, 0.1) is 10.6 Å². The molecule has 5 nitrogen and oxygen atoms in total. The number of benzene rings is 3. The van der Waals surface area contributed by atoms with E-state index in [9.17, 15) is 14.0 Å². The van der Waals surface area contributed by atoms with E-state index in [2.05, 4.69) is 17.3 Å². The van der Waals surface area contributed by atoms with Crippen LogP contribution in [0.2, 0.25) is 10.0 Å². The van der Waals surface area contributed by atoms with Gasteiger partial charge in [-0.25, -0.2) is 4.39 Å². The van der Waals surface area contributed by atoms with E-state index >= 15 is 0 Å². The Hall–Kier alpha value is -2.93. The molecule has 0 atom stereocenters. The molecule has 0 bridgehead atoms. The molecular weight excluding hydrogens is 512 g/mol. The minimum absolute atomic E-state index is 0.0934. The fraction of sp³-hybridized carbons (Fsp3) is 0.310. The van der Waals surface area contributed by atoms with Crippen molar-refractivity contribution in [2.75, 3.05) is 31.6 Å². The fourth-order valence-electron chi connectivity index (χ4n) is 5.12.